The molecule has 3 rings (SSSR count). The highest BCUT2D eigenvalue weighted by molar-refractivity contribution is 5.88. The summed E-state index contributed by atoms with van der Waals surface area (Å²) in [5, 5.41) is 4.32. The molecule has 1 aliphatic heterocycles. The summed E-state index contributed by atoms with van der Waals surface area (Å²) in [5.41, 5.74) is 1.77. The van der Waals surface area contributed by atoms with E-state index in [2.05, 4.69) is 12.1 Å². The van der Waals surface area contributed by atoms with Crippen LogP contribution >= 0.6 is 0 Å². The van der Waals surface area contributed by atoms with Crippen molar-refractivity contribution in [2.45, 2.75) is 51.7 Å². The van der Waals surface area contributed by atoms with Gasteiger partial charge in [-0.15, -0.1) is 0 Å². The Morgan fingerprint density at radius 1 is 1.38 bits per heavy atom. The summed E-state index contributed by atoms with van der Waals surface area (Å²) in [6, 6.07) is 0. The molecule has 0 aromatic heterocycles. The van der Waals surface area contributed by atoms with E-state index in [4.69, 9.17) is 9.57 Å². The van der Waals surface area contributed by atoms with E-state index in [1.165, 1.54) is 37.8 Å². The Morgan fingerprint density at radius 3 is 3.00 bits per heavy atom. The van der Waals surface area contributed by atoms with Gasteiger partial charge < -0.3 is 9.57 Å². The summed E-state index contributed by atoms with van der Waals surface area (Å²) < 4.78 is 5.44. The van der Waals surface area contributed by atoms with E-state index < -0.39 is 0 Å². The molecule has 0 saturated heterocycles. The zero-order valence-corrected chi connectivity index (χ0v) is 10.2. The van der Waals surface area contributed by atoms with Crippen molar-refractivity contribution in [3.63, 3.8) is 0 Å². The Balaban J connectivity index is 1.97. The zero-order valence-electron chi connectivity index (χ0n) is 10.2. The number of nitrogens with zero attached hydrogens (tertiary/aromatic N) is 1. The van der Waals surface area contributed by atoms with Crippen LogP contribution in [0.4, 0.5) is 0 Å². The van der Waals surface area contributed by atoms with Crippen LogP contribution in [0.25, 0.3) is 0 Å². The molecule has 0 bridgehead atoms. The maximum Gasteiger partial charge on any atom is 0.230 e. The standard InChI is InChI=1S/C13H21NO2/c1-13-7-3-5-9-11(13)10(6-4-8-13)14-16-12(9)15-2/h9,11-12H,3-8H2,1-2H3/t9-,11-,12-,13+/m0/s1. The first-order valence-electron chi connectivity index (χ1n) is 6.50. The van der Waals surface area contributed by atoms with E-state index in [0.29, 0.717) is 17.3 Å². The highest BCUT2D eigenvalue weighted by atomic mass is 16.8. The minimum Gasteiger partial charge on any atom is -0.363 e. The molecule has 16 heavy (non-hydrogen) atoms. The van der Waals surface area contributed by atoms with Crippen LogP contribution < -0.4 is 0 Å². The molecule has 0 aromatic rings. The number of ether oxygens (including phenoxy) is 1. The van der Waals surface area contributed by atoms with Crippen molar-refractivity contribution in [1.29, 1.82) is 0 Å². The van der Waals surface area contributed by atoms with E-state index in [0.717, 1.165) is 6.42 Å². The first-order valence-corrected chi connectivity index (χ1v) is 6.50. The van der Waals surface area contributed by atoms with Crippen molar-refractivity contribution in [1.82, 2.24) is 0 Å². The number of methoxy groups -OCH3 is 1. The first kappa shape index (κ1) is 10.6. The van der Waals surface area contributed by atoms with Crippen molar-refractivity contribution in [3.8, 4) is 0 Å². The van der Waals surface area contributed by atoms with Gasteiger partial charge in [-0.1, -0.05) is 18.5 Å². The van der Waals surface area contributed by atoms with Gasteiger partial charge in [0.25, 0.3) is 0 Å². The minimum atomic E-state index is -0.105. The molecule has 0 spiro atoms. The third-order valence-corrected chi connectivity index (χ3v) is 4.86. The molecule has 3 heteroatoms. The third kappa shape index (κ3) is 1.41. The van der Waals surface area contributed by atoms with Crippen LogP contribution in [0.15, 0.2) is 5.16 Å². The third-order valence-electron chi connectivity index (χ3n) is 4.86. The van der Waals surface area contributed by atoms with Crippen LogP contribution in [0, 0.1) is 17.3 Å². The molecule has 2 saturated carbocycles. The van der Waals surface area contributed by atoms with Gasteiger partial charge in [0.1, 0.15) is 0 Å². The minimum absolute atomic E-state index is 0.105. The smallest absolute Gasteiger partial charge is 0.230 e. The second-order valence-electron chi connectivity index (χ2n) is 5.83. The molecule has 0 N–H and O–H groups in total. The quantitative estimate of drug-likeness (QED) is 0.684. The van der Waals surface area contributed by atoms with Crippen LogP contribution in [0.3, 0.4) is 0 Å². The molecule has 2 aliphatic carbocycles. The fourth-order valence-corrected chi connectivity index (χ4v) is 4.15. The lowest BCUT2D eigenvalue weighted by Crippen LogP contribution is -2.51. The SMILES string of the molecule is CO[C@H]1ON=C2CCC[C@@]3(C)CCC[C@H]1[C@@H]23. The van der Waals surface area contributed by atoms with Gasteiger partial charge >= 0.3 is 0 Å². The van der Waals surface area contributed by atoms with Gasteiger partial charge in [0.05, 0.1) is 5.71 Å². The number of rotatable bonds is 1. The number of hydrogen-bond acceptors (Lipinski definition) is 3. The van der Waals surface area contributed by atoms with Gasteiger partial charge in [-0.25, -0.2) is 0 Å². The van der Waals surface area contributed by atoms with E-state index >= 15 is 0 Å². The van der Waals surface area contributed by atoms with Crippen molar-refractivity contribution < 1.29 is 9.57 Å². The van der Waals surface area contributed by atoms with Gasteiger partial charge in [-0.3, -0.25) is 0 Å². The Bertz CT molecular complexity index is 311. The topological polar surface area (TPSA) is 30.8 Å². The predicted molar refractivity (Wildman–Crippen MR) is 62.1 cm³/mol. The molecular weight excluding hydrogens is 202 g/mol. The summed E-state index contributed by atoms with van der Waals surface area (Å²) in [6.07, 6.45) is 7.55. The molecule has 0 unspecified atom stereocenters. The lowest BCUT2D eigenvalue weighted by atomic mass is 9.55. The zero-order chi connectivity index (χ0) is 11.2. The molecule has 90 valence electrons. The predicted octanol–water partition coefficient (Wildman–Crippen LogP) is 2.95. The second kappa shape index (κ2) is 3.73. The molecule has 2 fully saturated rings. The van der Waals surface area contributed by atoms with Crippen LogP contribution in [0.2, 0.25) is 0 Å². The molecule has 1 heterocycles. The average Bonchev–Trinajstić information content (AvgIpc) is 2.29. The number of oxime groups is 1. The Morgan fingerprint density at radius 2 is 2.19 bits per heavy atom. The average molecular weight is 223 g/mol. The van der Waals surface area contributed by atoms with Crippen molar-refractivity contribution in [2.24, 2.45) is 22.4 Å². The fourth-order valence-electron chi connectivity index (χ4n) is 4.15. The monoisotopic (exact) mass is 223 g/mol. The molecule has 0 amide bonds. The maximum absolute atomic E-state index is 5.49. The second-order valence-corrected chi connectivity index (χ2v) is 5.83. The van der Waals surface area contributed by atoms with Crippen molar-refractivity contribution in [3.05, 3.63) is 0 Å². The lowest BCUT2D eigenvalue weighted by molar-refractivity contribution is -0.193. The fraction of sp³-hybridized carbons (Fsp3) is 0.923. The highest BCUT2D eigenvalue weighted by Gasteiger charge is 2.51. The molecular formula is C13H21NO2. The summed E-state index contributed by atoms with van der Waals surface area (Å²) >= 11 is 0. The Hall–Kier alpha value is -0.570. The van der Waals surface area contributed by atoms with Gasteiger partial charge in [0.2, 0.25) is 6.29 Å². The first-order chi connectivity index (χ1) is 7.74. The number of hydrogen-bond donors (Lipinski definition) is 0. The van der Waals surface area contributed by atoms with Crippen LogP contribution in [-0.4, -0.2) is 19.1 Å². The van der Waals surface area contributed by atoms with Gasteiger partial charge in [-0.2, -0.15) is 0 Å². The summed E-state index contributed by atoms with van der Waals surface area (Å²) in [7, 11) is 1.74. The molecule has 3 nitrogen and oxygen atoms in total. The van der Waals surface area contributed by atoms with Crippen LogP contribution in [0.1, 0.15) is 45.4 Å². The molecule has 0 aromatic carbocycles. The van der Waals surface area contributed by atoms with Crippen molar-refractivity contribution >= 4 is 5.71 Å². The summed E-state index contributed by atoms with van der Waals surface area (Å²) in [5.74, 6) is 1.16. The van der Waals surface area contributed by atoms with Gasteiger partial charge in [0.15, 0.2) is 0 Å². The summed E-state index contributed by atoms with van der Waals surface area (Å²) in [6.45, 7) is 2.44. The van der Waals surface area contributed by atoms with Gasteiger partial charge in [-0.05, 0) is 37.5 Å². The normalized spacial score (nSPS) is 46.6. The van der Waals surface area contributed by atoms with E-state index in [-0.39, 0.29) is 6.29 Å². The lowest BCUT2D eigenvalue weighted by Gasteiger charge is -2.52. The molecule has 4 atom stereocenters. The largest absolute Gasteiger partial charge is 0.363 e. The van der Waals surface area contributed by atoms with E-state index in [1.54, 1.807) is 7.11 Å². The van der Waals surface area contributed by atoms with Crippen LogP contribution in [-0.2, 0) is 9.57 Å². The Kier molecular flexibility index (Phi) is 2.46. The van der Waals surface area contributed by atoms with E-state index in [9.17, 15) is 0 Å². The van der Waals surface area contributed by atoms with Crippen LogP contribution in [0.5, 0.6) is 0 Å². The molecule has 3 aliphatic rings. The summed E-state index contributed by atoms with van der Waals surface area (Å²) in [4.78, 5) is 5.49. The van der Waals surface area contributed by atoms with E-state index in [1.807, 2.05) is 0 Å². The maximum atomic E-state index is 5.49. The van der Waals surface area contributed by atoms with Crippen molar-refractivity contribution in [2.75, 3.05) is 7.11 Å². The highest BCUT2D eigenvalue weighted by Crippen LogP contribution is 2.54. The van der Waals surface area contributed by atoms with Gasteiger partial charge in [0, 0.05) is 18.9 Å². The molecule has 0 radical (unpaired) electrons. The Labute approximate surface area is 97.2 Å².